The minimum atomic E-state index is -0.593. The van der Waals surface area contributed by atoms with Crippen molar-refractivity contribution in [1.82, 2.24) is 4.90 Å². The van der Waals surface area contributed by atoms with Crippen LogP contribution >= 0.6 is 0 Å². The second-order valence-corrected chi connectivity index (χ2v) is 6.45. The van der Waals surface area contributed by atoms with Gasteiger partial charge in [0.1, 0.15) is 5.41 Å². The van der Waals surface area contributed by atoms with Crippen molar-refractivity contribution in [3.05, 3.63) is 70.8 Å². The number of hydrogen-bond acceptors (Lipinski definition) is 2. The highest BCUT2D eigenvalue weighted by atomic mass is 15.0. The van der Waals surface area contributed by atoms with Crippen molar-refractivity contribution in [2.45, 2.75) is 32.1 Å². The first-order valence-corrected chi connectivity index (χ1v) is 8.25. The van der Waals surface area contributed by atoms with E-state index < -0.39 is 5.41 Å². The Hall–Kier alpha value is -2.11. The molecular formula is C21H26N2. The van der Waals surface area contributed by atoms with E-state index in [9.17, 15) is 5.26 Å². The maximum absolute atomic E-state index is 10.2. The lowest BCUT2D eigenvalue weighted by molar-refractivity contribution is 0.371. The lowest BCUT2D eigenvalue weighted by atomic mass is 9.71. The van der Waals surface area contributed by atoms with Crippen molar-refractivity contribution in [2.24, 2.45) is 0 Å². The fourth-order valence-corrected chi connectivity index (χ4v) is 3.09. The molecule has 120 valence electrons. The third-order valence-corrected chi connectivity index (χ3v) is 4.53. The normalized spacial score (nSPS) is 13.6. The van der Waals surface area contributed by atoms with E-state index in [1.807, 2.05) is 6.07 Å². The molecule has 0 aromatic heterocycles. The van der Waals surface area contributed by atoms with Crippen LogP contribution in [-0.2, 0) is 11.8 Å². The average molecular weight is 306 g/mol. The first kappa shape index (κ1) is 17.2. The van der Waals surface area contributed by atoms with Crippen LogP contribution in [-0.4, -0.2) is 25.5 Å². The molecule has 0 radical (unpaired) electrons. The molecule has 0 aliphatic heterocycles. The van der Waals surface area contributed by atoms with Gasteiger partial charge < -0.3 is 4.90 Å². The number of nitriles is 1. The summed E-state index contributed by atoms with van der Waals surface area (Å²) in [6, 6.07) is 19.5. The zero-order valence-corrected chi connectivity index (χ0v) is 14.6. The van der Waals surface area contributed by atoms with Crippen molar-refractivity contribution in [3.8, 4) is 6.07 Å². The largest absolute Gasteiger partial charge is 0.309 e. The Morgan fingerprint density at radius 2 is 1.70 bits per heavy atom. The van der Waals surface area contributed by atoms with Gasteiger partial charge >= 0.3 is 0 Å². The van der Waals surface area contributed by atoms with Gasteiger partial charge in [-0.1, -0.05) is 61.0 Å². The van der Waals surface area contributed by atoms with Crippen molar-refractivity contribution in [2.75, 3.05) is 20.6 Å². The number of nitrogens with zero attached hydrogens (tertiary/aromatic N) is 2. The molecule has 0 fully saturated rings. The fraction of sp³-hybridized carbons (Fsp3) is 0.381. The van der Waals surface area contributed by atoms with E-state index in [2.05, 4.69) is 81.4 Å². The molecule has 0 N–H and O–H groups in total. The molecule has 1 unspecified atom stereocenters. The first-order chi connectivity index (χ1) is 11.0. The highest BCUT2D eigenvalue weighted by Crippen LogP contribution is 2.37. The van der Waals surface area contributed by atoms with Gasteiger partial charge in [-0.15, -0.1) is 0 Å². The van der Waals surface area contributed by atoms with E-state index in [1.165, 1.54) is 11.1 Å². The van der Waals surface area contributed by atoms with Crippen LogP contribution in [0.2, 0.25) is 0 Å². The molecule has 0 heterocycles. The van der Waals surface area contributed by atoms with Gasteiger partial charge in [-0.3, -0.25) is 0 Å². The van der Waals surface area contributed by atoms with Gasteiger partial charge in [-0.25, -0.2) is 0 Å². The maximum atomic E-state index is 10.2. The van der Waals surface area contributed by atoms with E-state index in [0.717, 1.165) is 30.5 Å². The van der Waals surface area contributed by atoms with E-state index in [4.69, 9.17) is 0 Å². The van der Waals surface area contributed by atoms with Crippen molar-refractivity contribution in [3.63, 3.8) is 0 Å². The third kappa shape index (κ3) is 3.63. The second kappa shape index (κ2) is 7.44. The summed E-state index contributed by atoms with van der Waals surface area (Å²) in [6.07, 6.45) is 1.73. The van der Waals surface area contributed by atoms with Crippen LogP contribution in [0.4, 0.5) is 0 Å². The predicted octanol–water partition coefficient (Wildman–Crippen LogP) is 4.32. The van der Waals surface area contributed by atoms with Crippen molar-refractivity contribution in [1.29, 1.82) is 5.26 Å². The molecule has 2 aromatic carbocycles. The highest BCUT2D eigenvalue weighted by Gasteiger charge is 2.35. The molecule has 0 aliphatic rings. The number of rotatable bonds is 6. The number of benzene rings is 2. The summed E-state index contributed by atoms with van der Waals surface area (Å²) in [5.74, 6) is 0. The molecule has 23 heavy (non-hydrogen) atoms. The van der Waals surface area contributed by atoms with Gasteiger partial charge in [-0.2, -0.15) is 5.26 Å². The Morgan fingerprint density at radius 3 is 2.26 bits per heavy atom. The van der Waals surface area contributed by atoms with Crippen molar-refractivity contribution >= 4 is 0 Å². The Balaban J connectivity index is 2.62. The predicted molar refractivity (Wildman–Crippen MR) is 96.6 cm³/mol. The molecule has 2 aromatic rings. The minimum Gasteiger partial charge on any atom is -0.309 e. The Morgan fingerprint density at radius 1 is 1.04 bits per heavy atom. The summed E-state index contributed by atoms with van der Waals surface area (Å²) in [4.78, 5) is 2.15. The van der Waals surface area contributed by atoms with Gasteiger partial charge in [0.15, 0.2) is 0 Å². The number of hydrogen-bond donors (Lipinski definition) is 0. The summed E-state index contributed by atoms with van der Waals surface area (Å²) in [5.41, 5.74) is 4.12. The van der Waals surface area contributed by atoms with Gasteiger partial charge in [0.05, 0.1) is 6.07 Å². The monoisotopic (exact) mass is 306 g/mol. The molecule has 0 aliphatic carbocycles. The lowest BCUT2D eigenvalue weighted by Crippen LogP contribution is -2.31. The van der Waals surface area contributed by atoms with E-state index in [0.29, 0.717) is 0 Å². The van der Waals surface area contributed by atoms with Crippen LogP contribution in [0.3, 0.4) is 0 Å². The highest BCUT2D eigenvalue weighted by molar-refractivity contribution is 5.50. The maximum Gasteiger partial charge on any atom is 0.109 e. The second-order valence-electron chi connectivity index (χ2n) is 6.45. The third-order valence-electron chi connectivity index (χ3n) is 4.53. The summed E-state index contributed by atoms with van der Waals surface area (Å²) in [5, 5.41) is 10.2. The van der Waals surface area contributed by atoms with Gasteiger partial charge in [0, 0.05) is 0 Å². The summed E-state index contributed by atoms with van der Waals surface area (Å²) >= 11 is 0. The minimum absolute atomic E-state index is 0.593. The number of aryl methyl sites for hydroxylation is 2. The molecule has 0 amide bonds. The summed E-state index contributed by atoms with van der Waals surface area (Å²) in [7, 11) is 4.12. The molecule has 0 saturated heterocycles. The zero-order valence-electron chi connectivity index (χ0n) is 14.6. The van der Waals surface area contributed by atoms with Crippen LogP contribution in [0.25, 0.3) is 0 Å². The van der Waals surface area contributed by atoms with Crippen molar-refractivity contribution < 1.29 is 0 Å². The standard InChI is InChI=1S/C21H26N2/c1-5-18-8-6-7-9-20(18)21(16-22,14-15-23(3)4)19-12-10-17(2)11-13-19/h6-13H,5,14-15H2,1-4H3. The molecule has 0 bridgehead atoms. The van der Waals surface area contributed by atoms with Crippen LogP contribution in [0.1, 0.15) is 35.6 Å². The average Bonchev–Trinajstić information content (AvgIpc) is 2.57. The van der Waals surface area contributed by atoms with Crippen LogP contribution in [0, 0.1) is 18.3 Å². The quantitative estimate of drug-likeness (QED) is 0.795. The molecule has 2 heteroatoms. The van der Waals surface area contributed by atoms with Gasteiger partial charge in [0.2, 0.25) is 0 Å². The molecule has 2 nitrogen and oxygen atoms in total. The van der Waals surface area contributed by atoms with Crippen LogP contribution in [0.5, 0.6) is 0 Å². The Kier molecular flexibility index (Phi) is 5.58. The molecule has 0 saturated carbocycles. The topological polar surface area (TPSA) is 27.0 Å². The smallest absolute Gasteiger partial charge is 0.109 e. The van der Waals surface area contributed by atoms with E-state index >= 15 is 0 Å². The first-order valence-electron chi connectivity index (χ1n) is 8.25. The SMILES string of the molecule is CCc1ccccc1C(C#N)(CCN(C)C)c1ccc(C)cc1. The van der Waals surface area contributed by atoms with Gasteiger partial charge in [0.25, 0.3) is 0 Å². The summed E-state index contributed by atoms with van der Waals surface area (Å²) < 4.78 is 0. The van der Waals surface area contributed by atoms with E-state index in [1.54, 1.807) is 0 Å². The fourth-order valence-electron chi connectivity index (χ4n) is 3.09. The van der Waals surface area contributed by atoms with Gasteiger partial charge in [-0.05, 0) is 57.1 Å². The molecular weight excluding hydrogens is 280 g/mol. The molecule has 0 spiro atoms. The van der Waals surface area contributed by atoms with Crippen LogP contribution < -0.4 is 0 Å². The van der Waals surface area contributed by atoms with Crippen LogP contribution in [0.15, 0.2) is 48.5 Å². The Labute approximate surface area is 140 Å². The molecule has 1 atom stereocenters. The van der Waals surface area contributed by atoms with E-state index in [-0.39, 0.29) is 0 Å². The summed E-state index contributed by atoms with van der Waals surface area (Å²) in [6.45, 7) is 5.11. The zero-order chi connectivity index (χ0) is 16.9. The Bertz CT molecular complexity index is 680. The molecule has 2 rings (SSSR count). The lowest BCUT2D eigenvalue weighted by Gasteiger charge is -2.31.